The second kappa shape index (κ2) is 7.65. The van der Waals surface area contributed by atoms with Gasteiger partial charge in [0.2, 0.25) is 0 Å². The first-order valence-electron chi connectivity index (χ1n) is 10.3. The van der Waals surface area contributed by atoms with Gasteiger partial charge in [-0.3, -0.25) is 14.1 Å². The molecule has 0 aliphatic carbocycles. The van der Waals surface area contributed by atoms with Crippen molar-refractivity contribution in [3.05, 3.63) is 70.6 Å². The van der Waals surface area contributed by atoms with Crippen LogP contribution >= 0.6 is 27.5 Å². The van der Waals surface area contributed by atoms with Crippen LogP contribution < -0.4 is 5.32 Å². The van der Waals surface area contributed by atoms with Gasteiger partial charge in [-0.1, -0.05) is 17.7 Å². The summed E-state index contributed by atoms with van der Waals surface area (Å²) in [5, 5.41) is 9.10. The Morgan fingerprint density at radius 2 is 2.09 bits per heavy atom. The van der Waals surface area contributed by atoms with Crippen molar-refractivity contribution in [2.24, 2.45) is 0 Å². The zero-order valence-electron chi connectivity index (χ0n) is 16.8. The third-order valence-corrected chi connectivity index (χ3v) is 7.01. The van der Waals surface area contributed by atoms with Gasteiger partial charge in [0.15, 0.2) is 0 Å². The number of nitrogens with one attached hydrogen (secondary N) is 1. The highest BCUT2D eigenvalue weighted by atomic mass is 79.9. The van der Waals surface area contributed by atoms with E-state index in [2.05, 4.69) is 43.6 Å². The minimum Gasteiger partial charge on any atom is -0.315 e. The topological polar surface area (TPSA) is 60.0 Å². The van der Waals surface area contributed by atoms with Crippen LogP contribution in [0.5, 0.6) is 0 Å². The molecule has 6 rings (SSSR count). The van der Waals surface area contributed by atoms with Crippen LogP contribution in [0, 0.1) is 5.82 Å². The Labute approximate surface area is 196 Å². The molecule has 1 atom stereocenters. The van der Waals surface area contributed by atoms with Crippen molar-refractivity contribution in [3.8, 4) is 22.4 Å². The molecule has 1 aliphatic rings. The fourth-order valence-electron chi connectivity index (χ4n) is 4.26. The van der Waals surface area contributed by atoms with Crippen molar-refractivity contribution in [3.63, 3.8) is 0 Å². The number of pyridine rings is 2. The monoisotopic (exact) mass is 510 g/mol. The predicted molar refractivity (Wildman–Crippen MR) is 126 cm³/mol. The number of halogens is 3. The predicted octanol–water partition coefficient (Wildman–Crippen LogP) is 5.50. The van der Waals surface area contributed by atoms with E-state index >= 15 is 0 Å². The minimum atomic E-state index is -0.418. The van der Waals surface area contributed by atoms with Gasteiger partial charge in [0.05, 0.1) is 28.3 Å². The minimum absolute atomic E-state index is 0.272. The highest BCUT2D eigenvalue weighted by molar-refractivity contribution is 9.10. The van der Waals surface area contributed by atoms with Crippen LogP contribution in [-0.2, 0) is 0 Å². The molecule has 4 aromatic heterocycles. The summed E-state index contributed by atoms with van der Waals surface area (Å²) < 4.78 is 19.1. The average Bonchev–Trinajstić information content (AvgIpc) is 3.54. The molecule has 9 heteroatoms. The molecule has 0 radical (unpaired) electrons. The van der Waals surface area contributed by atoms with Crippen LogP contribution in [-0.4, -0.2) is 37.2 Å². The van der Waals surface area contributed by atoms with E-state index in [9.17, 15) is 4.39 Å². The van der Waals surface area contributed by atoms with Crippen LogP contribution in [0.3, 0.4) is 0 Å². The lowest BCUT2D eigenvalue weighted by molar-refractivity contribution is 0.491. The Balaban J connectivity index is 1.51. The Bertz CT molecular complexity index is 1470. The maximum absolute atomic E-state index is 14.6. The molecule has 6 nitrogen and oxygen atoms in total. The average molecular weight is 512 g/mol. The molecule has 1 fully saturated rings. The fourth-order valence-corrected chi connectivity index (χ4v) is 5.09. The second-order valence-corrected chi connectivity index (χ2v) is 9.03. The molecule has 5 heterocycles. The largest absolute Gasteiger partial charge is 0.315 e. The Hall–Kier alpha value is -2.81. The van der Waals surface area contributed by atoms with Gasteiger partial charge in [0, 0.05) is 41.6 Å². The Kier molecular flexibility index (Phi) is 4.74. The number of hydrogen-bond donors (Lipinski definition) is 1. The van der Waals surface area contributed by atoms with E-state index in [0.29, 0.717) is 27.0 Å². The first-order chi connectivity index (χ1) is 15.6. The number of aromatic nitrogens is 5. The summed E-state index contributed by atoms with van der Waals surface area (Å²) in [4.78, 5) is 9.40. The van der Waals surface area contributed by atoms with E-state index in [1.54, 1.807) is 12.1 Å². The molecule has 1 N–H and O–H groups in total. The van der Waals surface area contributed by atoms with E-state index in [-0.39, 0.29) is 5.56 Å². The van der Waals surface area contributed by atoms with E-state index < -0.39 is 5.82 Å². The van der Waals surface area contributed by atoms with Crippen LogP contribution in [0.25, 0.3) is 38.9 Å². The molecule has 1 saturated heterocycles. The molecule has 0 bridgehead atoms. The van der Waals surface area contributed by atoms with Gasteiger partial charge in [-0.2, -0.15) is 5.10 Å². The van der Waals surface area contributed by atoms with Crippen molar-refractivity contribution < 1.29 is 4.39 Å². The normalized spacial score (nSPS) is 16.4. The van der Waals surface area contributed by atoms with Gasteiger partial charge < -0.3 is 5.32 Å². The third kappa shape index (κ3) is 3.13. The molecule has 0 spiro atoms. The summed E-state index contributed by atoms with van der Waals surface area (Å²) in [6.45, 7) is 1.94. The van der Waals surface area contributed by atoms with Crippen molar-refractivity contribution in [2.45, 2.75) is 12.5 Å². The lowest BCUT2D eigenvalue weighted by Gasteiger charge is -2.07. The summed E-state index contributed by atoms with van der Waals surface area (Å²) in [7, 11) is 0. The van der Waals surface area contributed by atoms with Crippen LogP contribution in [0.15, 0.2) is 59.7 Å². The maximum Gasteiger partial charge on any atom is 0.147 e. The van der Waals surface area contributed by atoms with Crippen molar-refractivity contribution in [2.75, 3.05) is 13.1 Å². The van der Waals surface area contributed by atoms with Crippen LogP contribution in [0.1, 0.15) is 12.5 Å². The smallest absolute Gasteiger partial charge is 0.147 e. The zero-order chi connectivity index (χ0) is 21.8. The number of benzene rings is 1. The molecule has 1 unspecified atom stereocenters. The van der Waals surface area contributed by atoms with Crippen molar-refractivity contribution in [1.29, 1.82) is 0 Å². The molecule has 0 amide bonds. The summed E-state index contributed by atoms with van der Waals surface area (Å²) in [6, 6.07) is 8.97. The van der Waals surface area contributed by atoms with E-state index in [4.69, 9.17) is 16.6 Å². The maximum atomic E-state index is 14.6. The van der Waals surface area contributed by atoms with Crippen LogP contribution in [0.2, 0.25) is 5.02 Å². The molecule has 1 aromatic carbocycles. The zero-order valence-corrected chi connectivity index (χ0v) is 19.1. The number of imidazole rings is 1. The first-order valence-corrected chi connectivity index (χ1v) is 11.4. The fraction of sp³-hybridized carbons (Fsp3) is 0.174. The Morgan fingerprint density at radius 3 is 2.91 bits per heavy atom. The highest BCUT2D eigenvalue weighted by Crippen LogP contribution is 2.37. The first kappa shape index (κ1) is 19.8. The molecule has 160 valence electrons. The molecule has 1 aliphatic heterocycles. The lowest BCUT2D eigenvalue weighted by Crippen LogP contribution is -2.13. The summed E-state index contributed by atoms with van der Waals surface area (Å²) in [5.41, 5.74) is 4.15. The molecule has 0 saturated carbocycles. The van der Waals surface area contributed by atoms with Gasteiger partial charge in [-0.15, -0.1) is 0 Å². The molecule has 32 heavy (non-hydrogen) atoms. The quantitative estimate of drug-likeness (QED) is 0.347. The van der Waals surface area contributed by atoms with Crippen molar-refractivity contribution in [1.82, 2.24) is 29.5 Å². The number of rotatable bonds is 3. The summed E-state index contributed by atoms with van der Waals surface area (Å²) in [6.07, 6.45) is 8.71. The van der Waals surface area contributed by atoms with Gasteiger partial charge in [0.1, 0.15) is 21.8 Å². The van der Waals surface area contributed by atoms with Gasteiger partial charge in [-0.25, -0.2) is 9.37 Å². The Morgan fingerprint density at radius 1 is 1.19 bits per heavy atom. The van der Waals surface area contributed by atoms with Gasteiger partial charge in [0.25, 0.3) is 0 Å². The highest BCUT2D eigenvalue weighted by Gasteiger charge is 2.21. The van der Waals surface area contributed by atoms with E-state index in [1.165, 1.54) is 6.07 Å². The third-order valence-electron chi connectivity index (χ3n) is 5.94. The van der Waals surface area contributed by atoms with E-state index in [0.717, 1.165) is 41.5 Å². The SMILES string of the molecule is Fc1cccc(Cl)c1-c1nc2c3cc(-c4cnn(C5CCNC5)c4)cnc3ccn2c1Br. The number of fused-ring (bicyclic) bond motifs is 3. The van der Waals surface area contributed by atoms with E-state index in [1.807, 2.05) is 33.7 Å². The summed E-state index contributed by atoms with van der Waals surface area (Å²) >= 11 is 9.89. The van der Waals surface area contributed by atoms with Crippen LogP contribution in [0.4, 0.5) is 4.39 Å². The number of nitrogens with zero attached hydrogens (tertiary/aromatic N) is 5. The van der Waals surface area contributed by atoms with Crippen molar-refractivity contribution >= 4 is 44.1 Å². The molecule has 5 aromatic rings. The van der Waals surface area contributed by atoms with Gasteiger partial charge in [-0.05, 0) is 53.2 Å². The second-order valence-electron chi connectivity index (χ2n) is 7.87. The molecular weight excluding hydrogens is 495 g/mol. The summed E-state index contributed by atoms with van der Waals surface area (Å²) in [5.74, 6) is -0.418. The van der Waals surface area contributed by atoms with Gasteiger partial charge >= 0.3 is 0 Å². The standard InChI is InChI=1S/C23H17BrClFN6/c24-22-21(20-17(25)2-1-3-18(20)26)30-23-16-8-13(9-28-19(16)5-7-31(22)23)14-10-29-32(12-14)15-4-6-27-11-15/h1-3,5,7-10,12,15,27H,4,6,11H2. The molecular formula is C23H17BrClFN6. The number of hydrogen-bond acceptors (Lipinski definition) is 4. The lowest BCUT2D eigenvalue weighted by atomic mass is 10.1.